The van der Waals surface area contributed by atoms with E-state index < -0.39 is 0 Å². The van der Waals surface area contributed by atoms with E-state index >= 15 is 0 Å². The molecule has 1 fully saturated rings. The van der Waals surface area contributed by atoms with Gasteiger partial charge in [0.25, 0.3) is 0 Å². The van der Waals surface area contributed by atoms with Crippen molar-refractivity contribution in [3.05, 3.63) is 24.3 Å². The van der Waals surface area contributed by atoms with Crippen molar-refractivity contribution in [1.29, 1.82) is 0 Å². The molecule has 3 heteroatoms. The highest BCUT2D eigenvalue weighted by atomic mass is 14.9. The molecule has 0 radical (unpaired) electrons. The molecule has 0 aromatic carbocycles. The van der Waals surface area contributed by atoms with Gasteiger partial charge in [-0.15, -0.1) is 0 Å². The van der Waals surface area contributed by atoms with Crippen molar-refractivity contribution in [1.82, 2.24) is 15.3 Å². The Kier molecular flexibility index (Phi) is 5.96. The molecule has 1 N–H and O–H groups in total. The summed E-state index contributed by atoms with van der Waals surface area (Å²) in [7, 11) is 0. The molecule has 112 valence electrons. The lowest BCUT2D eigenvalue weighted by Gasteiger charge is -2.37. The normalized spacial score (nSPS) is 26.9. The van der Waals surface area contributed by atoms with Crippen LogP contribution in [0.1, 0.15) is 58.1 Å². The summed E-state index contributed by atoms with van der Waals surface area (Å²) >= 11 is 0. The van der Waals surface area contributed by atoms with E-state index in [-0.39, 0.29) is 0 Å². The summed E-state index contributed by atoms with van der Waals surface area (Å²) in [5, 5.41) is 3.60. The smallest absolute Gasteiger partial charge is 0.0620 e. The molecule has 2 rings (SSSR count). The van der Waals surface area contributed by atoms with Crippen molar-refractivity contribution in [3.63, 3.8) is 0 Å². The summed E-state index contributed by atoms with van der Waals surface area (Å²) < 4.78 is 0. The van der Waals surface area contributed by atoms with Crippen molar-refractivity contribution < 1.29 is 0 Å². The number of nitrogens with zero attached hydrogens (tertiary/aromatic N) is 2. The van der Waals surface area contributed by atoms with Crippen LogP contribution in [0, 0.1) is 17.8 Å². The molecule has 1 saturated carbocycles. The van der Waals surface area contributed by atoms with Crippen LogP contribution in [0.2, 0.25) is 0 Å². The summed E-state index contributed by atoms with van der Waals surface area (Å²) in [6.45, 7) is 9.18. The zero-order valence-electron chi connectivity index (χ0n) is 13.2. The summed E-state index contributed by atoms with van der Waals surface area (Å²) in [5.74, 6) is 2.91. The molecule has 1 aromatic heterocycles. The largest absolute Gasteiger partial charge is 0.316 e. The van der Waals surface area contributed by atoms with Gasteiger partial charge in [0.2, 0.25) is 0 Å². The van der Waals surface area contributed by atoms with Crippen molar-refractivity contribution >= 4 is 0 Å². The second-order valence-electron chi connectivity index (χ2n) is 6.52. The Morgan fingerprint density at radius 1 is 1.30 bits per heavy atom. The molecule has 3 unspecified atom stereocenters. The molecule has 3 atom stereocenters. The van der Waals surface area contributed by atoms with E-state index in [1.54, 1.807) is 6.20 Å². The Bertz CT molecular complexity index is 377. The number of nitrogens with one attached hydrogen (secondary N) is 1. The van der Waals surface area contributed by atoms with Crippen LogP contribution in [0.25, 0.3) is 0 Å². The molecule has 0 spiro atoms. The molecule has 0 bridgehead atoms. The molecular weight excluding hydrogens is 246 g/mol. The standard InChI is InChI=1S/C17H29N3/c1-4-7-18-11-15-6-5-14(13(2)3)10-16(15)17-12-19-8-9-20-17/h8-9,12-16,18H,4-7,10-11H2,1-3H3. The quantitative estimate of drug-likeness (QED) is 0.806. The zero-order valence-corrected chi connectivity index (χ0v) is 13.2. The fourth-order valence-corrected chi connectivity index (χ4v) is 3.44. The molecule has 1 aromatic rings. The van der Waals surface area contributed by atoms with Crippen LogP contribution in [0.15, 0.2) is 18.6 Å². The van der Waals surface area contributed by atoms with E-state index in [1.807, 2.05) is 12.4 Å². The van der Waals surface area contributed by atoms with E-state index in [2.05, 4.69) is 36.1 Å². The van der Waals surface area contributed by atoms with Crippen molar-refractivity contribution in [3.8, 4) is 0 Å². The highest BCUT2D eigenvalue weighted by molar-refractivity contribution is 5.08. The van der Waals surface area contributed by atoms with Crippen LogP contribution < -0.4 is 5.32 Å². The van der Waals surface area contributed by atoms with Gasteiger partial charge in [0.15, 0.2) is 0 Å². The summed E-state index contributed by atoms with van der Waals surface area (Å²) in [6, 6.07) is 0. The molecule has 0 aliphatic heterocycles. The first kappa shape index (κ1) is 15.4. The number of hydrogen-bond donors (Lipinski definition) is 1. The predicted molar refractivity (Wildman–Crippen MR) is 83.6 cm³/mol. The molecule has 1 heterocycles. The van der Waals surface area contributed by atoms with E-state index in [1.165, 1.54) is 31.4 Å². The van der Waals surface area contributed by atoms with Crippen LogP contribution in [0.5, 0.6) is 0 Å². The van der Waals surface area contributed by atoms with Crippen molar-refractivity contribution in [2.45, 2.75) is 52.4 Å². The second kappa shape index (κ2) is 7.72. The number of rotatable bonds is 6. The first-order valence-corrected chi connectivity index (χ1v) is 8.19. The third-order valence-electron chi connectivity index (χ3n) is 4.77. The van der Waals surface area contributed by atoms with E-state index in [0.717, 1.165) is 24.9 Å². The van der Waals surface area contributed by atoms with Gasteiger partial charge in [0, 0.05) is 24.5 Å². The van der Waals surface area contributed by atoms with Gasteiger partial charge in [-0.05, 0) is 56.5 Å². The van der Waals surface area contributed by atoms with Gasteiger partial charge in [-0.25, -0.2) is 0 Å². The molecule has 3 nitrogen and oxygen atoms in total. The number of aromatic nitrogens is 2. The maximum Gasteiger partial charge on any atom is 0.0620 e. The minimum atomic E-state index is 0.578. The summed E-state index contributed by atoms with van der Waals surface area (Å²) in [6.07, 6.45) is 10.8. The van der Waals surface area contributed by atoms with Crippen LogP contribution in [-0.4, -0.2) is 23.1 Å². The van der Waals surface area contributed by atoms with E-state index in [0.29, 0.717) is 11.8 Å². The maximum absolute atomic E-state index is 4.58. The first-order chi connectivity index (χ1) is 9.72. The molecule has 0 amide bonds. The summed E-state index contributed by atoms with van der Waals surface area (Å²) in [5.41, 5.74) is 1.20. The topological polar surface area (TPSA) is 37.8 Å². The lowest BCUT2D eigenvalue weighted by atomic mass is 9.69. The second-order valence-corrected chi connectivity index (χ2v) is 6.52. The van der Waals surface area contributed by atoms with Crippen molar-refractivity contribution in [2.24, 2.45) is 17.8 Å². The summed E-state index contributed by atoms with van der Waals surface area (Å²) in [4.78, 5) is 8.86. The van der Waals surface area contributed by atoms with Crippen LogP contribution in [0.3, 0.4) is 0 Å². The third kappa shape index (κ3) is 4.02. The van der Waals surface area contributed by atoms with Crippen LogP contribution in [-0.2, 0) is 0 Å². The lowest BCUT2D eigenvalue weighted by molar-refractivity contribution is 0.188. The fourth-order valence-electron chi connectivity index (χ4n) is 3.44. The Balaban J connectivity index is 2.06. The van der Waals surface area contributed by atoms with Gasteiger partial charge in [-0.3, -0.25) is 9.97 Å². The van der Waals surface area contributed by atoms with Gasteiger partial charge in [0.1, 0.15) is 0 Å². The SMILES string of the molecule is CCCNCC1CCC(C(C)C)CC1c1cnccn1. The van der Waals surface area contributed by atoms with Gasteiger partial charge >= 0.3 is 0 Å². The van der Waals surface area contributed by atoms with Gasteiger partial charge in [-0.1, -0.05) is 20.8 Å². The number of hydrogen-bond acceptors (Lipinski definition) is 3. The lowest BCUT2D eigenvalue weighted by Crippen LogP contribution is -2.34. The minimum absolute atomic E-state index is 0.578. The Morgan fingerprint density at radius 2 is 2.15 bits per heavy atom. The van der Waals surface area contributed by atoms with E-state index in [4.69, 9.17) is 0 Å². The zero-order chi connectivity index (χ0) is 14.4. The highest BCUT2D eigenvalue weighted by Gasteiger charge is 2.33. The average Bonchev–Trinajstić information content (AvgIpc) is 2.48. The Labute approximate surface area is 123 Å². The Morgan fingerprint density at radius 3 is 2.80 bits per heavy atom. The highest BCUT2D eigenvalue weighted by Crippen LogP contribution is 2.42. The fraction of sp³-hybridized carbons (Fsp3) is 0.765. The monoisotopic (exact) mass is 275 g/mol. The molecule has 0 saturated heterocycles. The molecular formula is C17H29N3. The average molecular weight is 275 g/mol. The molecule has 1 aliphatic rings. The first-order valence-electron chi connectivity index (χ1n) is 8.19. The minimum Gasteiger partial charge on any atom is -0.316 e. The molecule has 1 aliphatic carbocycles. The van der Waals surface area contributed by atoms with Gasteiger partial charge < -0.3 is 5.32 Å². The van der Waals surface area contributed by atoms with Crippen LogP contribution in [0.4, 0.5) is 0 Å². The van der Waals surface area contributed by atoms with Gasteiger partial charge in [-0.2, -0.15) is 0 Å². The Hall–Kier alpha value is -0.960. The van der Waals surface area contributed by atoms with Gasteiger partial charge in [0.05, 0.1) is 5.69 Å². The van der Waals surface area contributed by atoms with Crippen molar-refractivity contribution in [2.75, 3.05) is 13.1 Å². The van der Waals surface area contributed by atoms with Crippen LogP contribution >= 0.6 is 0 Å². The maximum atomic E-state index is 4.58. The van der Waals surface area contributed by atoms with E-state index in [9.17, 15) is 0 Å². The molecule has 20 heavy (non-hydrogen) atoms. The third-order valence-corrected chi connectivity index (χ3v) is 4.77. The predicted octanol–water partition coefficient (Wildman–Crippen LogP) is 3.63.